The predicted molar refractivity (Wildman–Crippen MR) is 96.1 cm³/mol. The molecule has 0 aliphatic carbocycles. The molecule has 0 bridgehead atoms. The van der Waals surface area contributed by atoms with E-state index in [0.717, 1.165) is 10.2 Å². The second kappa shape index (κ2) is 7.18. The van der Waals surface area contributed by atoms with Gasteiger partial charge in [0.05, 0.1) is 21.7 Å². The number of rotatable bonds is 5. The topological polar surface area (TPSA) is 92.6 Å². The fourth-order valence-electron chi connectivity index (χ4n) is 2.18. The molecule has 7 nitrogen and oxygen atoms in total. The lowest BCUT2D eigenvalue weighted by Crippen LogP contribution is -2.35. The molecule has 0 radical (unpaired) electrons. The highest BCUT2D eigenvalue weighted by molar-refractivity contribution is 7.89. The molecule has 0 aliphatic heterocycles. The van der Waals surface area contributed by atoms with Crippen molar-refractivity contribution in [3.05, 3.63) is 59.4 Å². The smallest absolute Gasteiger partial charge is 0.255 e. The summed E-state index contributed by atoms with van der Waals surface area (Å²) in [6, 6.07) is 15.7. The van der Waals surface area contributed by atoms with Crippen molar-refractivity contribution in [1.29, 1.82) is 0 Å². The minimum Gasteiger partial charge on any atom is -0.318 e. The van der Waals surface area contributed by atoms with E-state index in [2.05, 4.69) is 15.2 Å². The van der Waals surface area contributed by atoms with Gasteiger partial charge in [-0.05, 0) is 24.3 Å². The zero-order valence-corrected chi connectivity index (χ0v) is 15.0. The van der Waals surface area contributed by atoms with Gasteiger partial charge in [0.1, 0.15) is 0 Å². The molecule has 2 N–H and O–H groups in total. The highest BCUT2D eigenvalue weighted by Gasteiger charge is 2.14. The molecule has 130 valence electrons. The Morgan fingerprint density at radius 3 is 2.52 bits per heavy atom. The van der Waals surface area contributed by atoms with E-state index in [9.17, 15) is 13.2 Å². The van der Waals surface area contributed by atoms with E-state index in [0.29, 0.717) is 4.80 Å². The highest BCUT2D eigenvalue weighted by atomic mass is 32.2. The van der Waals surface area contributed by atoms with Crippen LogP contribution in [0.1, 0.15) is 0 Å². The summed E-state index contributed by atoms with van der Waals surface area (Å²) >= 11 is 1.43. The van der Waals surface area contributed by atoms with Crippen LogP contribution in [0.25, 0.3) is 10.2 Å². The maximum Gasteiger partial charge on any atom is 0.255 e. The Morgan fingerprint density at radius 1 is 1.12 bits per heavy atom. The number of hydrogen-bond acceptors (Lipinski definition) is 5. The summed E-state index contributed by atoms with van der Waals surface area (Å²) in [6.07, 6.45) is 0. The average Bonchev–Trinajstić information content (AvgIpc) is 2.95. The third-order valence-corrected chi connectivity index (χ3v) is 6.00. The predicted octanol–water partition coefficient (Wildman–Crippen LogP) is 1.15. The van der Waals surface area contributed by atoms with Gasteiger partial charge >= 0.3 is 0 Å². The summed E-state index contributed by atoms with van der Waals surface area (Å²) in [5, 5.41) is 4.06. The van der Waals surface area contributed by atoms with Crippen molar-refractivity contribution in [2.24, 2.45) is 12.1 Å². The van der Waals surface area contributed by atoms with Gasteiger partial charge in [0.2, 0.25) is 14.8 Å². The molecule has 1 aromatic heterocycles. The molecule has 0 unspecified atom stereocenters. The van der Waals surface area contributed by atoms with Gasteiger partial charge in [0, 0.05) is 7.05 Å². The summed E-state index contributed by atoms with van der Waals surface area (Å²) in [4.78, 5) is 12.6. The molecule has 0 atom stereocenters. The zero-order valence-electron chi connectivity index (χ0n) is 13.3. The number of hydrogen-bond donors (Lipinski definition) is 2. The van der Waals surface area contributed by atoms with E-state index >= 15 is 0 Å². The highest BCUT2D eigenvalue weighted by Crippen LogP contribution is 2.14. The third-order valence-electron chi connectivity index (χ3n) is 3.47. The summed E-state index contributed by atoms with van der Waals surface area (Å²) in [5.41, 5.74) is 3.38. The number of fused-ring (bicyclic) bond motifs is 1. The number of amides is 1. The first kappa shape index (κ1) is 17.3. The van der Waals surface area contributed by atoms with Crippen LogP contribution in [0.15, 0.2) is 64.6 Å². The summed E-state index contributed by atoms with van der Waals surface area (Å²) in [7, 11) is -1.87. The number of carbonyl (C=O) groups excluding carboxylic acids is 1. The number of para-hydroxylation sites is 1. The standard InChI is InChI=1S/C16H16N4O3S2/c1-20-13-9-5-6-10-14(13)24-16(20)19-18-15(21)11-17-25(22,23)12-7-3-2-4-8-12/h2-10,17H,11H2,1H3,(H,18,21)/b19-16+. The van der Waals surface area contributed by atoms with Crippen LogP contribution in [0.3, 0.4) is 0 Å². The Kier molecular flexibility index (Phi) is 4.98. The van der Waals surface area contributed by atoms with Gasteiger partial charge in [-0.25, -0.2) is 18.6 Å². The molecule has 25 heavy (non-hydrogen) atoms. The molecule has 0 spiro atoms. The minimum absolute atomic E-state index is 0.107. The first-order chi connectivity index (χ1) is 12.0. The lowest BCUT2D eigenvalue weighted by molar-refractivity contribution is -0.120. The molecular weight excluding hydrogens is 360 g/mol. The van der Waals surface area contributed by atoms with Crippen molar-refractivity contribution in [2.45, 2.75) is 4.90 Å². The maximum absolute atomic E-state index is 12.1. The third kappa shape index (κ3) is 3.95. The van der Waals surface area contributed by atoms with Crippen LogP contribution in [0.2, 0.25) is 0 Å². The Morgan fingerprint density at radius 2 is 1.80 bits per heavy atom. The van der Waals surface area contributed by atoms with Gasteiger partial charge in [-0.2, -0.15) is 0 Å². The number of nitrogens with one attached hydrogen (secondary N) is 2. The van der Waals surface area contributed by atoms with Crippen LogP contribution in [0.5, 0.6) is 0 Å². The van der Waals surface area contributed by atoms with Crippen LogP contribution < -0.4 is 14.9 Å². The monoisotopic (exact) mass is 376 g/mol. The van der Waals surface area contributed by atoms with Gasteiger partial charge in [0.15, 0.2) is 0 Å². The minimum atomic E-state index is -3.72. The fourth-order valence-corrected chi connectivity index (χ4v) is 4.16. The van der Waals surface area contributed by atoms with Gasteiger partial charge < -0.3 is 4.57 Å². The molecule has 0 saturated carbocycles. The normalized spacial score (nSPS) is 12.4. The fraction of sp³-hybridized carbons (Fsp3) is 0.125. The second-order valence-electron chi connectivity index (χ2n) is 5.20. The Bertz CT molecular complexity index is 1070. The van der Waals surface area contributed by atoms with Gasteiger partial charge in [-0.1, -0.05) is 41.7 Å². The molecule has 0 fully saturated rings. The summed E-state index contributed by atoms with van der Waals surface area (Å²) in [6.45, 7) is -0.394. The first-order valence-corrected chi connectivity index (χ1v) is 9.69. The summed E-state index contributed by atoms with van der Waals surface area (Å²) in [5.74, 6) is -0.544. The molecule has 0 aliphatic rings. The van der Waals surface area contributed by atoms with Gasteiger partial charge in [-0.15, -0.1) is 5.10 Å². The molecule has 0 saturated heterocycles. The Balaban J connectivity index is 1.67. The quantitative estimate of drug-likeness (QED) is 0.654. The molecule has 3 aromatic rings. The largest absolute Gasteiger partial charge is 0.318 e. The van der Waals surface area contributed by atoms with Crippen molar-refractivity contribution in [3.8, 4) is 0 Å². The van der Waals surface area contributed by atoms with Crippen LogP contribution in [0.4, 0.5) is 0 Å². The maximum atomic E-state index is 12.1. The van der Waals surface area contributed by atoms with Crippen LogP contribution in [-0.2, 0) is 21.9 Å². The van der Waals surface area contributed by atoms with E-state index < -0.39 is 22.5 Å². The first-order valence-electron chi connectivity index (χ1n) is 7.39. The lowest BCUT2D eigenvalue weighted by atomic mass is 10.3. The van der Waals surface area contributed by atoms with Crippen molar-refractivity contribution in [1.82, 2.24) is 14.7 Å². The van der Waals surface area contributed by atoms with Crippen LogP contribution in [0, 0.1) is 0 Å². The number of aryl methyl sites for hydroxylation is 1. The van der Waals surface area contributed by atoms with Crippen molar-refractivity contribution in [2.75, 3.05) is 6.54 Å². The van der Waals surface area contributed by atoms with E-state index in [1.807, 2.05) is 35.9 Å². The lowest BCUT2D eigenvalue weighted by Gasteiger charge is -2.05. The molecule has 3 rings (SSSR count). The average molecular weight is 376 g/mol. The second-order valence-corrected chi connectivity index (χ2v) is 7.97. The number of thiazole rings is 1. The van der Waals surface area contributed by atoms with E-state index in [-0.39, 0.29) is 4.90 Å². The molecule has 1 amide bonds. The number of nitrogens with zero attached hydrogens (tertiary/aromatic N) is 2. The SMILES string of the molecule is Cn1/c(=N\NC(=O)CNS(=O)(=O)c2ccccc2)sc2ccccc21. The molecule has 2 aromatic carbocycles. The van der Waals surface area contributed by atoms with Gasteiger partial charge in [-0.3, -0.25) is 4.79 Å². The number of benzene rings is 2. The van der Waals surface area contributed by atoms with E-state index in [4.69, 9.17) is 0 Å². The van der Waals surface area contributed by atoms with Crippen molar-refractivity contribution in [3.63, 3.8) is 0 Å². The molecule has 1 heterocycles. The van der Waals surface area contributed by atoms with Crippen LogP contribution >= 0.6 is 11.3 Å². The number of carbonyl (C=O) groups is 1. The van der Waals surface area contributed by atoms with Crippen molar-refractivity contribution < 1.29 is 13.2 Å². The van der Waals surface area contributed by atoms with Crippen molar-refractivity contribution >= 4 is 37.5 Å². The Labute approximate surface area is 148 Å². The Hall–Kier alpha value is -2.49. The summed E-state index contributed by atoms with van der Waals surface area (Å²) < 4.78 is 29.3. The number of sulfonamides is 1. The molecule has 9 heteroatoms. The molecular formula is C16H16N4O3S2. The zero-order chi connectivity index (χ0) is 17.9. The van der Waals surface area contributed by atoms with Crippen LogP contribution in [-0.4, -0.2) is 25.4 Å². The van der Waals surface area contributed by atoms with Gasteiger partial charge in [0.25, 0.3) is 5.91 Å². The van der Waals surface area contributed by atoms with E-state index in [1.165, 1.54) is 23.5 Å². The van der Waals surface area contributed by atoms with E-state index in [1.54, 1.807) is 18.2 Å². The number of aromatic nitrogens is 1.